The van der Waals surface area contributed by atoms with Crippen molar-refractivity contribution in [2.75, 3.05) is 17.9 Å². The van der Waals surface area contributed by atoms with Gasteiger partial charge >= 0.3 is 0 Å². The largest absolute Gasteiger partial charge is 0.454 e. The van der Waals surface area contributed by atoms with Gasteiger partial charge in [0.1, 0.15) is 0 Å². The van der Waals surface area contributed by atoms with Crippen LogP contribution in [-0.4, -0.2) is 39.1 Å². The second kappa shape index (κ2) is 10.1. The number of benzene rings is 2. The van der Waals surface area contributed by atoms with E-state index in [0.717, 1.165) is 0 Å². The molecule has 0 atom stereocenters. The van der Waals surface area contributed by atoms with Crippen molar-refractivity contribution in [1.29, 1.82) is 0 Å². The molecule has 3 aromatic rings. The summed E-state index contributed by atoms with van der Waals surface area (Å²) in [6.07, 6.45) is 0. The molecule has 2 aromatic carbocycles. The zero-order valence-corrected chi connectivity index (χ0v) is 20.1. The molecule has 1 aliphatic rings. The molecule has 1 aliphatic heterocycles. The average Bonchev–Trinajstić information content (AvgIpc) is 3.40. The average molecular weight is 529 g/mol. The quantitative estimate of drug-likeness (QED) is 0.350. The lowest BCUT2D eigenvalue weighted by molar-refractivity contribution is -0.113. The molecule has 0 radical (unpaired) electrons. The Kier molecular flexibility index (Phi) is 7.18. The zero-order chi connectivity index (χ0) is 23.5. The van der Waals surface area contributed by atoms with Crippen LogP contribution in [0.4, 0.5) is 5.69 Å². The summed E-state index contributed by atoms with van der Waals surface area (Å²) >= 11 is 19.1. The number of ether oxygens (including phenoxy) is 2. The summed E-state index contributed by atoms with van der Waals surface area (Å²) in [5, 5.41) is 15.0. The Morgan fingerprint density at radius 3 is 2.64 bits per heavy atom. The highest BCUT2D eigenvalue weighted by Crippen LogP contribution is 2.33. The van der Waals surface area contributed by atoms with E-state index in [1.807, 2.05) is 0 Å². The second-order valence-electron chi connectivity index (χ2n) is 6.79. The lowest BCUT2D eigenvalue weighted by atomic mass is 10.2. The standard InChI is InChI=1S/C20H16Cl3N5O4S/c1-28-17(7-24-19(30)10-2-3-15-16(4-10)32-9-31-15)26-27-20(28)33-8-18(29)25-14-6-12(22)11(21)5-13(14)23/h2-6H,7-9H2,1H3,(H,24,30)(H,25,29). The van der Waals surface area contributed by atoms with E-state index < -0.39 is 0 Å². The van der Waals surface area contributed by atoms with E-state index in [0.29, 0.717) is 38.8 Å². The number of hydrogen-bond donors (Lipinski definition) is 2. The monoisotopic (exact) mass is 527 g/mol. The van der Waals surface area contributed by atoms with Gasteiger partial charge in [0.25, 0.3) is 5.91 Å². The molecule has 0 unspecified atom stereocenters. The fourth-order valence-electron chi connectivity index (χ4n) is 2.86. The predicted molar refractivity (Wildman–Crippen MR) is 126 cm³/mol. The number of carbonyl (C=O) groups is 2. The molecule has 9 nitrogen and oxygen atoms in total. The smallest absolute Gasteiger partial charge is 0.251 e. The summed E-state index contributed by atoms with van der Waals surface area (Å²) in [5.74, 6) is 1.13. The van der Waals surface area contributed by atoms with Crippen molar-refractivity contribution in [2.24, 2.45) is 7.05 Å². The summed E-state index contributed by atoms with van der Waals surface area (Å²) in [5.41, 5.74) is 0.801. The molecule has 0 saturated carbocycles. The molecule has 0 fully saturated rings. The summed E-state index contributed by atoms with van der Waals surface area (Å²) in [4.78, 5) is 24.8. The third kappa shape index (κ3) is 5.47. The van der Waals surface area contributed by atoms with Gasteiger partial charge in [-0.1, -0.05) is 46.6 Å². The molecule has 0 spiro atoms. The molecule has 2 amide bonds. The molecule has 172 valence electrons. The molecular formula is C20H16Cl3N5O4S. The molecule has 0 aliphatic carbocycles. The lowest BCUT2D eigenvalue weighted by Crippen LogP contribution is -2.24. The lowest BCUT2D eigenvalue weighted by Gasteiger charge is -2.09. The van der Waals surface area contributed by atoms with Gasteiger partial charge in [-0.2, -0.15) is 0 Å². The fraction of sp³-hybridized carbons (Fsp3) is 0.200. The maximum absolute atomic E-state index is 12.4. The first-order valence-electron chi connectivity index (χ1n) is 9.45. The first kappa shape index (κ1) is 23.5. The van der Waals surface area contributed by atoms with E-state index in [1.54, 1.807) is 29.8 Å². The van der Waals surface area contributed by atoms with Crippen LogP contribution in [0.1, 0.15) is 16.2 Å². The van der Waals surface area contributed by atoms with Crippen molar-refractivity contribution >= 4 is 64.1 Å². The highest BCUT2D eigenvalue weighted by atomic mass is 35.5. The van der Waals surface area contributed by atoms with Crippen molar-refractivity contribution in [1.82, 2.24) is 20.1 Å². The van der Waals surface area contributed by atoms with E-state index >= 15 is 0 Å². The Morgan fingerprint density at radius 1 is 1.06 bits per heavy atom. The van der Waals surface area contributed by atoms with Gasteiger partial charge in [-0.25, -0.2) is 0 Å². The van der Waals surface area contributed by atoms with Crippen molar-refractivity contribution < 1.29 is 19.1 Å². The molecule has 33 heavy (non-hydrogen) atoms. The van der Waals surface area contributed by atoms with Gasteiger partial charge in [-0.05, 0) is 30.3 Å². The molecule has 2 N–H and O–H groups in total. The molecule has 4 rings (SSSR count). The number of nitrogens with zero attached hydrogens (tertiary/aromatic N) is 3. The topological polar surface area (TPSA) is 107 Å². The van der Waals surface area contributed by atoms with Crippen LogP contribution in [0.15, 0.2) is 35.5 Å². The van der Waals surface area contributed by atoms with Crippen LogP contribution in [0.3, 0.4) is 0 Å². The minimum atomic E-state index is -0.305. The molecule has 1 aromatic heterocycles. The van der Waals surface area contributed by atoms with Gasteiger partial charge < -0.3 is 24.7 Å². The first-order chi connectivity index (χ1) is 15.8. The summed E-state index contributed by atoms with van der Waals surface area (Å²) in [7, 11) is 1.75. The van der Waals surface area contributed by atoms with Gasteiger partial charge in [-0.3, -0.25) is 9.59 Å². The number of nitrogens with one attached hydrogen (secondary N) is 2. The van der Waals surface area contributed by atoms with Crippen LogP contribution in [-0.2, 0) is 18.4 Å². The van der Waals surface area contributed by atoms with Crippen molar-refractivity contribution in [3.8, 4) is 11.5 Å². The maximum Gasteiger partial charge on any atom is 0.251 e. The number of amides is 2. The SMILES string of the molecule is Cn1c(CNC(=O)c2ccc3c(c2)OCO3)nnc1SCC(=O)Nc1cc(Cl)c(Cl)cc1Cl. The minimum absolute atomic E-state index is 0.0616. The predicted octanol–water partition coefficient (Wildman–Crippen LogP) is 4.16. The van der Waals surface area contributed by atoms with Crippen LogP contribution in [0.25, 0.3) is 0 Å². The van der Waals surface area contributed by atoms with Gasteiger partial charge in [0.2, 0.25) is 12.7 Å². The molecule has 13 heteroatoms. The van der Waals surface area contributed by atoms with E-state index in [4.69, 9.17) is 44.3 Å². The Balaban J connectivity index is 1.31. The van der Waals surface area contributed by atoms with E-state index in [-0.39, 0.29) is 41.0 Å². The number of anilines is 1. The first-order valence-corrected chi connectivity index (χ1v) is 11.6. The highest BCUT2D eigenvalue weighted by Gasteiger charge is 2.18. The van der Waals surface area contributed by atoms with Gasteiger partial charge in [0.15, 0.2) is 22.5 Å². The maximum atomic E-state index is 12.4. The summed E-state index contributed by atoms with van der Waals surface area (Å²) < 4.78 is 12.2. The van der Waals surface area contributed by atoms with E-state index in [2.05, 4.69) is 20.8 Å². The van der Waals surface area contributed by atoms with Crippen LogP contribution < -0.4 is 20.1 Å². The van der Waals surface area contributed by atoms with Crippen molar-refractivity contribution in [2.45, 2.75) is 11.7 Å². The Hall–Kier alpha value is -2.66. The van der Waals surface area contributed by atoms with Crippen molar-refractivity contribution in [3.63, 3.8) is 0 Å². The summed E-state index contributed by atoms with van der Waals surface area (Å²) in [6, 6.07) is 7.90. The van der Waals surface area contributed by atoms with E-state index in [1.165, 1.54) is 23.9 Å². The molecular weight excluding hydrogens is 513 g/mol. The molecule has 0 saturated heterocycles. The third-order valence-electron chi connectivity index (χ3n) is 4.58. The third-order valence-corrected chi connectivity index (χ3v) is 6.64. The summed E-state index contributed by atoms with van der Waals surface area (Å²) in [6.45, 7) is 0.292. The molecule has 0 bridgehead atoms. The van der Waals surface area contributed by atoms with Crippen molar-refractivity contribution in [3.05, 3.63) is 56.8 Å². The number of hydrogen-bond acceptors (Lipinski definition) is 7. The number of aromatic nitrogens is 3. The fourth-order valence-corrected chi connectivity index (χ4v) is 4.18. The van der Waals surface area contributed by atoms with Crippen LogP contribution in [0.2, 0.25) is 15.1 Å². The Morgan fingerprint density at radius 2 is 1.82 bits per heavy atom. The zero-order valence-electron chi connectivity index (χ0n) is 17.0. The number of rotatable bonds is 7. The van der Waals surface area contributed by atoms with Crippen LogP contribution >= 0.6 is 46.6 Å². The van der Waals surface area contributed by atoms with Gasteiger partial charge in [0, 0.05) is 12.6 Å². The number of carbonyl (C=O) groups excluding carboxylic acids is 2. The minimum Gasteiger partial charge on any atom is -0.454 e. The molecule has 2 heterocycles. The number of fused-ring (bicyclic) bond motifs is 1. The Labute approximate surface area is 207 Å². The van der Waals surface area contributed by atoms with Gasteiger partial charge in [0.05, 0.1) is 33.1 Å². The number of thioether (sulfide) groups is 1. The van der Waals surface area contributed by atoms with Gasteiger partial charge in [-0.15, -0.1) is 10.2 Å². The van der Waals surface area contributed by atoms with Crippen LogP contribution in [0.5, 0.6) is 11.5 Å². The highest BCUT2D eigenvalue weighted by molar-refractivity contribution is 7.99. The van der Waals surface area contributed by atoms with E-state index in [9.17, 15) is 9.59 Å². The second-order valence-corrected chi connectivity index (χ2v) is 8.96. The van der Waals surface area contributed by atoms with Crippen LogP contribution in [0, 0.1) is 0 Å². The number of halogens is 3. The normalized spacial score (nSPS) is 12.0. The Bertz CT molecular complexity index is 1240.